The first-order chi connectivity index (χ1) is 9.97. The van der Waals surface area contributed by atoms with E-state index in [1.54, 1.807) is 6.07 Å². The molecule has 0 bridgehead atoms. The number of nitrogens with two attached hydrogens (primary N) is 1. The molecule has 106 valence electrons. The van der Waals surface area contributed by atoms with Crippen LogP contribution in [0.3, 0.4) is 0 Å². The molecule has 21 heavy (non-hydrogen) atoms. The fourth-order valence-corrected chi connectivity index (χ4v) is 2.42. The van der Waals surface area contributed by atoms with Crippen LogP contribution in [0.1, 0.15) is 5.56 Å². The smallest absolute Gasteiger partial charge is 0.398 e. The van der Waals surface area contributed by atoms with Crippen LogP contribution in [0.25, 0.3) is 21.9 Å². The number of nitrogen functional groups attached to an aromatic ring is 1. The molecule has 3 aromatic carbocycles. The maximum absolute atomic E-state index is 12.6. The number of fused-ring (bicyclic) bond motifs is 1. The van der Waals surface area contributed by atoms with E-state index in [0.29, 0.717) is 5.69 Å². The molecule has 2 N–H and O–H groups in total. The fourth-order valence-electron chi connectivity index (χ4n) is 2.42. The van der Waals surface area contributed by atoms with Crippen LogP contribution in [0.5, 0.6) is 0 Å². The van der Waals surface area contributed by atoms with Crippen molar-refractivity contribution in [1.82, 2.24) is 0 Å². The molecule has 0 atom stereocenters. The minimum atomic E-state index is -4.32. The molecule has 0 aliphatic rings. The van der Waals surface area contributed by atoms with Crippen molar-refractivity contribution in [3.05, 3.63) is 66.2 Å². The van der Waals surface area contributed by atoms with Crippen LogP contribution in [0, 0.1) is 0 Å². The summed E-state index contributed by atoms with van der Waals surface area (Å²) < 4.78 is 37.8. The predicted molar refractivity (Wildman–Crippen MR) is 78.8 cm³/mol. The minimum Gasteiger partial charge on any atom is -0.398 e. The van der Waals surface area contributed by atoms with Crippen molar-refractivity contribution < 1.29 is 13.2 Å². The highest BCUT2D eigenvalue weighted by atomic mass is 19.4. The zero-order valence-corrected chi connectivity index (χ0v) is 11.0. The van der Waals surface area contributed by atoms with Gasteiger partial charge < -0.3 is 5.73 Å². The Morgan fingerprint density at radius 3 is 2.00 bits per heavy atom. The number of rotatable bonds is 1. The van der Waals surface area contributed by atoms with Crippen LogP contribution < -0.4 is 5.73 Å². The third kappa shape index (κ3) is 2.44. The van der Waals surface area contributed by atoms with Gasteiger partial charge in [0, 0.05) is 11.1 Å². The molecule has 0 saturated carbocycles. The van der Waals surface area contributed by atoms with Crippen molar-refractivity contribution >= 4 is 16.5 Å². The van der Waals surface area contributed by atoms with E-state index in [4.69, 9.17) is 5.73 Å². The average molecular weight is 287 g/mol. The summed E-state index contributed by atoms with van der Waals surface area (Å²) in [5, 5.41) is 1.83. The van der Waals surface area contributed by atoms with E-state index in [-0.39, 0.29) is 0 Å². The maximum atomic E-state index is 12.6. The van der Waals surface area contributed by atoms with Gasteiger partial charge in [0.05, 0.1) is 5.56 Å². The van der Waals surface area contributed by atoms with Crippen LogP contribution in [-0.2, 0) is 6.18 Å². The second-order valence-electron chi connectivity index (χ2n) is 4.82. The summed E-state index contributed by atoms with van der Waals surface area (Å²) in [6.45, 7) is 0. The van der Waals surface area contributed by atoms with Gasteiger partial charge in [0.15, 0.2) is 0 Å². The molecule has 0 aliphatic carbocycles. The third-order valence-corrected chi connectivity index (χ3v) is 3.48. The highest BCUT2D eigenvalue weighted by Gasteiger charge is 2.29. The van der Waals surface area contributed by atoms with E-state index in [0.717, 1.165) is 34.0 Å². The lowest BCUT2D eigenvalue weighted by Crippen LogP contribution is -2.04. The molecule has 4 heteroatoms. The Balaban J connectivity index is 2.15. The molecular weight excluding hydrogens is 275 g/mol. The lowest BCUT2D eigenvalue weighted by Gasteiger charge is -2.10. The molecule has 0 aromatic heterocycles. The Kier molecular flexibility index (Phi) is 3.09. The van der Waals surface area contributed by atoms with Crippen molar-refractivity contribution in [1.29, 1.82) is 0 Å². The zero-order chi connectivity index (χ0) is 15.0. The molecule has 0 heterocycles. The van der Waals surface area contributed by atoms with Gasteiger partial charge in [-0.05, 0) is 34.7 Å². The van der Waals surface area contributed by atoms with E-state index in [1.165, 1.54) is 12.1 Å². The summed E-state index contributed by atoms with van der Waals surface area (Å²) >= 11 is 0. The molecule has 3 aromatic rings. The molecular formula is C17H12F3N. The normalized spacial score (nSPS) is 11.8. The van der Waals surface area contributed by atoms with Crippen LogP contribution >= 0.6 is 0 Å². The van der Waals surface area contributed by atoms with Gasteiger partial charge in [0.2, 0.25) is 0 Å². The first-order valence-corrected chi connectivity index (χ1v) is 6.42. The largest absolute Gasteiger partial charge is 0.416 e. The van der Waals surface area contributed by atoms with E-state index in [1.807, 2.05) is 30.3 Å². The molecule has 0 radical (unpaired) electrons. The Labute approximate surface area is 119 Å². The fraction of sp³-hybridized carbons (Fsp3) is 0.0588. The average Bonchev–Trinajstić information content (AvgIpc) is 2.46. The lowest BCUT2D eigenvalue weighted by molar-refractivity contribution is -0.137. The number of halogens is 3. The second-order valence-corrected chi connectivity index (χ2v) is 4.82. The standard InChI is InChI=1S/C17H12F3N/c18-17(19,20)12-9-7-11(8-10-12)13-3-1-5-15-14(13)4-2-6-16(15)21/h1-10H,21H2. The van der Waals surface area contributed by atoms with E-state index < -0.39 is 11.7 Å². The Hall–Kier alpha value is -2.49. The van der Waals surface area contributed by atoms with Crippen molar-refractivity contribution in [2.45, 2.75) is 6.18 Å². The van der Waals surface area contributed by atoms with Crippen molar-refractivity contribution in [3.8, 4) is 11.1 Å². The topological polar surface area (TPSA) is 26.0 Å². The van der Waals surface area contributed by atoms with Crippen LogP contribution in [0.2, 0.25) is 0 Å². The summed E-state index contributed by atoms with van der Waals surface area (Å²) in [7, 11) is 0. The van der Waals surface area contributed by atoms with Gasteiger partial charge in [-0.25, -0.2) is 0 Å². The van der Waals surface area contributed by atoms with Crippen LogP contribution in [0.4, 0.5) is 18.9 Å². The molecule has 0 unspecified atom stereocenters. The molecule has 0 amide bonds. The molecule has 0 spiro atoms. The van der Waals surface area contributed by atoms with E-state index in [2.05, 4.69) is 0 Å². The molecule has 0 saturated heterocycles. The number of benzene rings is 3. The Morgan fingerprint density at radius 1 is 0.714 bits per heavy atom. The minimum absolute atomic E-state index is 0.647. The van der Waals surface area contributed by atoms with Gasteiger partial charge in [-0.2, -0.15) is 13.2 Å². The van der Waals surface area contributed by atoms with Crippen LogP contribution in [-0.4, -0.2) is 0 Å². The highest BCUT2D eigenvalue weighted by Crippen LogP contribution is 2.34. The predicted octanol–water partition coefficient (Wildman–Crippen LogP) is 5.11. The zero-order valence-electron chi connectivity index (χ0n) is 11.0. The van der Waals surface area contributed by atoms with E-state index in [9.17, 15) is 13.2 Å². The quantitative estimate of drug-likeness (QED) is 0.618. The van der Waals surface area contributed by atoms with Gasteiger partial charge in [-0.3, -0.25) is 0 Å². The highest BCUT2D eigenvalue weighted by molar-refractivity contribution is 6.02. The molecule has 3 rings (SSSR count). The van der Waals surface area contributed by atoms with Crippen molar-refractivity contribution in [3.63, 3.8) is 0 Å². The number of hydrogen-bond donors (Lipinski definition) is 1. The van der Waals surface area contributed by atoms with Gasteiger partial charge in [0.1, 0.15) is 0 Å². The maximum Gasteiger partial charge on any atom is 0.416 e. The first-order valence-electron chi connectivity index (χ1n) is 6.42. The van der Waals surface area contributed by atoms with Crippen molar-refractivity contribution in [2.24, 2.45) is 0 Å². The van der Waals surface area contributed by atoms with E-state index >= 15 is 0 Å². The summed E-state index contributed by atoms with van der Waals surface area (Å²) in [6.07, 6.45) is -4.32. The molecule has 0 aliphatic heterocycles. The SMILES string of the molecule is Nc1cccc2c(-c3ccc(C(F)(F)F)cc3)cccc12. The lowest BCUT2D eigenvalue weighted by atomic mass is 9.97. The number of anilines is 1. The summed E-state index contributed by atoms with van der Waals surface area (Å²) in [4.78, 5) is 0. The first kappa shape index (κ1) is 13.5. The summed E-state index contributed by atoms with van der Waals surface area (Å²) in [5.41, 5.74) is 7.55. The van der Waals surface area contributed by atoms with Gasteiger partial charge in [-0.1, -0.05) is 42.5 Å². The summed E-state index contributed by atoms with van der Waals surface area (Å²) in [5.74, 6) is 0. The number of alkyl halides is 3. The molecule has 1 nitrogen and oxygen atoms in total. The summed E-state index contributed by atoms with van der Waals surface area (Å²) in [6, 6.07) is 16.4. The monoisotopic (exact) mass is 287 g/mol. The third-order valence-electron chi connectivity index (χ3n) is 3.48. The Bertz CT molecular complexity index is 789. The Morgan fingerprint density at radius 2 is 1.33 bits per heavy atom. The van der Waals surface area contributed by atoms with Gasteiger partial charge in [0.25, 0.3) is 0 Å². The van der Waals surface area contributed by atoms with Crippen molar-refractivity contribution in [2.75, 3.05) is 5.73 Å². The number of hydrogen-bond acceptors (Lipinski definition) is 1. The second kappa shape index (κ2) is 4.81. The van der Waals surface area contributed by atoms with Crippen LogP contribution in [0.15, 0.2) is 60.7 Å². The van der Waals surface area contributed by atoms with Gasteiger partial charge >= 0.3 is 6.18 Å². The van der Waals surface area contributed by atoms with Gasteiger partial charge in [-0.15, -0.1) is 0 Å². The molecule has 0 fully saturated rings.